The van der Waals surface area contributed by atoms with Gasteiger partial charge in [0.15, 0.2) is 34.5 Å². The third-order valence-corrected chi connectivity index (χ3v) is 12.2. The summed E-state index contributed by atoms with van der Waals surface area (Å²) in [6.07, 6.45) is 1.42. The first-order valence-electron chi connectivity index (χ1n) is 22.2. The Morgan fingerprint density at radius 3 is 1.38 bits per heavy atom. The number of ether oxygens (including phenoxy) is 9. The highest BCUT2D eigenvalue weighted by molar-refractivity contribution is 5.95. The summed E-state index contributed by atoms with van der Waals surface area (Å²) in [6, 6.07) is 38.8. The van der Waals surface area contributed by atoms with Gasteiger partial charge < -0.3 is 52.4 Å². The summed E-state index contributed by atoms with van der Waals surface area (Å²) in [4.78, 5) is 30.8. The smallest absolute Gasteiger partial charge is 0.254 e. The Hall–Kier alpha value is -7.80. The monoisotopic (exact) mass is 922 g/mol. The Balaban J connectivity index is 0.000000203. The predicted octanol–water partition coefficient (Wildman–Crippen LogP) is 9.68. The topological polar surface area (TPSA) is 124 Å². The van der Waals surface area contributed by atoms with Crippen molar-refractivity contribution in [2.24, 2.45) is 0 Å². The largest absolute Gasteiger partial charge is 0.497 e. The lowest BCUT2D eigenvalue weighted by molar-refractivity contribution is 0.0582. The van der Waals surface area contributed by atoms with E-state index in [1.807, 2.05) is 113 Å². The van der Waals surface area contributed by atoms with Crippen molar-refractivity contribution in [3.05, 3.63) is 173 Å². The molecule has 0 aliphatic carbocycles. The van der Waals surface area contributed by atoms with Crippen LogP contribution in [0.5, 0.6) is 46.0 Å². The summed E-state index contributed by atoms with van der Waals surface area (Å²) in [5, 5.41) is 0. The van der Waals surface area contributed by atoms with Crippen molar-refractivity contribution in [2.45, 2.75) is 24.9 Å². The number of methoxy groups -OCH3 is 7. The zero-order valence-electron chi connectivity index (χ0n) is 39.6. The first-order valence-corrected chi connectivity index (χ1v) is 22.2. The molecule has 0 saturated heterocycles. The van der Waals surface area contributed by atoms with E-state index in [1.54, 1.807) is 74.0 Å². The maximum Gasteiger partial charge on any atom is 0.254 e. The Bertz CT molecular complexity index is 2670. The molecule has 0 bridgehead atoms. The second-order valence-electron chi connectivity index (χ2n) is 15.9. The van der Waals surface area contributed by atoms with E-state index in [0.29, 0.717) is 82.4 Å². The van der Waals surface area contributed by atoms with Gasteiger partial charge >= 0.3 is 0 Å². The van der Waals surface area contributed by atoms with Crippen molar-refractivity contribution in [1.29, 1.82) is 0 Å². The molecular weight excluding hydrogens is 865 g/mol. The standard InChI is InChI=1S/C29H31NO6.C26H27NO5/c1-19(32-2)20-6-12-24(13-7-20)36-18-26-25-17-28(35-5)27(34-4)16-22(25)14-15-30(26)29(31)21-8-10-23(33-3)11-9-21;1-29-22-11-7-8-12-23(22)32-17-21-20-16-25(31-3)24(30-2)15-19(20)13-14-27(21)26(28)18-9-5-4-6-10-18/h6-13,16-17,26H,1,14-15,18H2,2-5H3;4-12,15-16,21H,13-14,17H2,1-3H3. The average molecular weight is 923 g/mol. The average Bonchev–Trinajstić information content (AvgIpc) is 3.40. The molecule has 2 unspecified atom stereocenters. The van der Waals surface area contributed by atoms with Gasteiger partial charge in [-0.3, -0.25) is 9.59 Å². The van der Waals surface area contributed by atoms with Crippen LogP contribution in [0.4, 0.5) is 0 Å². The van der Waals surface area contributed by atoms with E-state index in [0.717, 1.165) is 34.2 Å². The van der Waals surface area contributed by atoms with Gasteiger partial charge in [0.25, 0.3) is 11.8 Å². The van der Waals surface area contributed by atoms with E-state index in [4.69, 9.17) is 42.6 Å². The van der Waals surface area contributed by atoms with Crippen LogP contribution in [0, 0.1) is 0 Å². The van der Waals surface area contributed by atoms with Crippen molar-refractivity contribution >= 4 is 17.6 Å². The first-order chi connectivity index (χ1) is 33.1. The number of carbonyl (C=O) groups excluding carboxylic acids is 2. The molecular formula is C55H58N2O11. The molecule has 68 heavy (non-hydrogen) atoms. The fourth-order valence-corrected chi connectivity index (χ4v) is 8.48. The second kappa shape index (κ2) is 22.6. The van der Waals surface area contributed by atoms with Crippen molar-refractivity contribution < 1.29 is 52.2 Å². The van der Waals surface area contributed by atoms with Crippen molar-refractivity contribution in [1.82, 2.24) is 9.80 Å². The molecule has 6 aromatic rings. The molecule has 13 nitrogen and oxygen atoms in total. The van der Waals surface area contributed by atoms with Crippen molar-refractivity contribution in [2.75, 3.05) is 76.1 Å². The Morgan fingerprint density at radius 1 is 0.471 bits per heavy atom. The van der Waals surface area contributed by atoms with Crippen LogP contribution in [0.25, 0.3) is 5.76 Å². The molecule has 0 fully saturated rings. The Kier molecular flexibility index (Phi) is 16.0. The maximum absolute atomic E-state index is 13.6. The molecule has 2 amide bonds. The van der Waals surface area contributed by atoms with Crippen LogP contribution in [-0.4, -0.2) is 97.7 Å². The van der Waals surface area contributed by atoms with E-state index in [-0.39, 0.29) is 37.1 Å². The molecule has 2 heterocycles. The number of nitrogens with zero attached hydrogens (tertiary/aromatic N) is 2. The summed E-state index contributed by atoms with van der Waals surface area (Å²) in [6.45, 7) is 5.56. The van der Waals surface area contributed by atoms with Crippen LogP contribution in [0.1, 0.15) is 60.6 Å². The third kappa shape index (κ3) is 10.7. The van der Waals surface area contributed by atoms with Gasteiger partial charge in [0.1, 0.15) is 30.5 Å². The normalized spacial score (nSPS) is 14.7. The minimum atomic E-state index is -0.322. The lowest BCUT2D eigenvalue weighted by Gasteiger charge is -2.37. The zero-order valence-corrected chi connectivity index (χ0v) is 39.6. The molecule has 8 rings (SSSR count). The highest BCUT2D eigenvalue weighted by atomic mass is 16.5. The van der Waals surface area contributed by atoms with Gasteiger partial charge in [-0.05, 0) is 132 Å². The fourth-order valence-electron chi connectivity index (χ4n) is 8.48. The number of amides is 2. The summed E-state index contributed by atoms with van der Waals surface area (Å²) in [5.74, 6) is 5.74. The molecule has 354 valence electrons. The molecule has 6 aromatic carbocycles. The van der Waals surface area contributed by atoms with Crippen LogP contribution in [0.3, 0.4) is 0 Å². The van der Waals surface area contributed by atoms with E-state index in [2.05, 4.69) is 6.58 Å². The quantitative estimate of drug-likeness (QED) is 0.0863. The van der Waals surface area contributed by atoms with Gasteiger partial charge in [-0.2, -0.15) is 0 Å². The lowest BCUT2D eigenvalue weighted by Crippen LogP contribution is -2.42. The minimum Gasteiger partial charge on any atom is -0.497 e. The number of rotatable bonds is 16. The van der Waals surface area contributed by atoms with Crippen LogP contribution < -0.4 is 37.9 Å². The molecule has 2 atom stereocenters. The van der Waals surface area contributed by atoms with Gasteiger partial charge in [-0.25, -0.2) is 0 Å². The van der Waals surface area contributed by atoms with Gasteiger partial charge in [0, 0.05) is 29.8 Å². The third-order valence-electron chi connectivity index (χ3n) is 12.2. The molecule has 2 aliphatic heterocycles. The van der Waals surface area contributed by atoms with Crippen LogP contribution >= 0.6 is 0 Å². The second-order valence-corrected chi connectivity index (χ2v) is 15.9. The van der Waals surface area contributed by atoms with Gasteiger partial charge in [-0.1, -0.05) is 36.9 Å². The highest BCUT2D eigenvalue weighted by Gasteiger charge is 2.35. The van der Waals surface area contributed by atoms with Crippen LogP contribution in [0.15, 0.2) is 134 Å². The Labute approximate surface area is 398 Å². The number of carbonyl (C=O) groups is 2. The molecule has 2 aliphatic rings. The number of benzene rings is 6. The van der Waals surface area contributed by atoms with E-state index < -0.39 is 0 Å². The van der Waals surface area contributed by atoms with E-state index in [9.17, 15) is 9.59 Å². The lowest BCUT2D eigenvalue weighted by atomic mass is 9.91. The van der Waals surface area contributed by atoms with Gasteiger partial charge in [0.2, 0.25) is 0 Å². The maximum atomic E-state index is 13.6. The fraction of sp³-hybridized carbons (Fsp3) is 0.273. The summed E-state index contributed by atoms with van der Waals surface area (Å²) in [5.41, 5.74) is 6.31. The SMILES string of the molecule is C=C(OC)c1ccc(OCC2c3cc(OC)c(OC)cc3CCN2C(=O)c2ccc(OC)cc2)cc1.COc1cc2c(cc1OC)C(COc1ccccc1OC)N(C(=O)c1ccccc1)CC2. The number of hydrogen-bond acceptors (Lipinski definition) is 11. The molecule has 13 heteroatoms. The summed E-state index contributed by atoms with van der Waals surface area (Å²) in [7, 11) is 11.3. The molecule has 0 N–H and O–H groups in total. The van der Waals surface area contributed by atoms with Crippen LogP contribution in [-0.2, 0) is 17.6 Å². The predicted molar refractivity (Wildman–Crippen MR) is 260 cm³/mol. The molecule has 0 saturated carbocycles. The number of fused-ring (bicyclic) bond motifs is 2. The summed E-state index contributed by atoms with van der Waals surface area (Å²) < 4.78 is 50.3. The molecule has 0 radical (unpaired) electrons. The first kappa shape index (κ1) is 48.1. The summed E-state index contributed by atoms with van der Waals surface area (Å²) >= 11 is 0. The van der Waals surface area contributed by atoms with Gasteiger partial charge in [-0.15, -0.1) is 0 Å². The van der Waals surface area contributed by atoms with Crippen molar-refractivity contribution in [3.63, 3.8) is 0 Å². The number of hydrogen-bond donors (Lipinski definition) is 0. The van der Waals surface area contributed by atoms with Gasteiger partial charge in [0.05, 0.1) is 61.9 Å². The Morgan fingerprint density at radius 2 is 0.897 bits per heavy atom. The van der Waals surface area contributed by atoms with E-state index >= 15 is 0 Å². The van der Waals surface area contributed by atoms with E-state index in [1.165, 1.54) is 0 Å². The van der Waals surface area contributed by atoms with Crippen molar-refractivity contribution in [3.8, 4) is 46.0 Å². The minimum absolute atomic E-state index is 0.0281. The molecule has 0 aromatic heterocycles. The highest BCUT2D eigenvalue weighted by Crippen LogP contribution is 2.41. The van der Waals surface area contributed by atoms with Crippen LogP contribution in [0.2, 0.25) is 0 Å². The zero-order chi connectivity index (χ0) is 48.2. The number of para-hydroxylation sites is 2. The molecule has 0 spiro atoms.